The Hall–Kier alpha value is -2.66. The molecule has 5 heteroatoms. The van der Waals surface area contributed by atoms with Crippen LogP contribution in [0.15, 0.2) is 65.8 Å². The number of halogens is 3. The molecule has 0 radical (unpaired) electrons. The maximum Gasteiger partial charge on any atom is 0.451 e. The van der Waals surface area contributed by atoms with E-state index in [-0.39, 0.29) is 5.92 Å². The van der Waals surface area contributed by atoms with E-state index in [1.165, 1.54) is 16.7 Å². The van der Waals surface area contributed by atoms with Gasteiger partial charge in [-0.1, -0.05) is 54.6 Å². The molecule has 0 N–H and O–H groups in total. The number of hydrogen-bond donors (Lipinski definition) is 0. The fourth-order valence-corrected chi connectivity index (χ4v) is 5.08. The highest BCUT2D eigenvalue weighted by Gasteiger charge is 2.40. The molecule has 0 amide bonds. The normalized spacial score (nSPS) is 21.6. The molecule has 0 unspecified atom stereocenters. The van der Waals surface area contributed by atoms with E-state index in [2.05, 4.69) is 30.4 Å². The van der Waals surface area contributed by atoms with Gasteiger partial charge in [-0.2, -0.15) is 13.2 Å². The summed E-state index contributed by atoms with van der Waals surface area (Å²) in [5.74, 6) is -1.61. The second-order valence-electron chi connectivity index (χ2n) is 8.34. The molecule has 30 heavy (non-hydrogen) atoms. The van der Waals surface area contributed by atoms with Gasteiger partial charge in [0.2, 0.25) is 5.78 Å². The molecule has 0 fully saturated rings. The van der Waals surface area contributed by atoms with Gasteiger partial charge < -0.3 is 0 Å². The molecule has 2 aliphatic carbocycles. The van der Waals surface area contributed by atoms with E-state index in [1.54, 1.807) is 4.90 Å². The second kappa shape index (κ2) is 7.24. The summed E-state index contributed by atoms with van der Waals surface area (Å²) in [5.41, 5.74) is 5.93. The molecule has 0 aromatic heterocycles. The quantitative estimate of drug-likeness (QED) is 0.621. The van der Waals surface area contributed by atoms with E-state index in [9.17, 15) is 18.0 Å². The number of Topliss-reactive ketones (excluding diaryl/α,β-unsaturated/α-hetero) is 1. The minimum absolute atomic E-state index is 0.0691. The predicted molar refractivity (Wildman–Crippen MR) is 112 cm³/mol. The Morgan fingerprint density at radius 2 is 1.97 bits per heavy atom. The van der Waals surface area contributed by atoms with Crippen LogP contribution in [0.5, 0.6) is 0 Å². The van der Waals surface area contributed by atoms with E-state index in [0.717, 1.165) is 41.2 Å². The average Bonchev–Trinajstić information content (AvgIpc) is 2.89. The van der Waals surface area contributed by atoms with Crippen LogP contribution in [-0.4, -0.2) is 29.9 Å². The number of ketones is 1. The third-order valence-corrected chi connectivity index (χ3v) is 6.40. The first-order valence-corrected chi connectivity index (χ1v) is 10.4. The topological polar surface area (TPSA) is 20.3 Å². The van der Waals surface area contributed by atoms with Crippen molar-refractivity contribution in [1.82, 2.24) is 4.90 Å². The van der Waals surface area contributed by atoms with Crippen molar-refractivity contribution in [3.05, 3.63) is 76.9 Å². The molecule has 2 nitrogen and oxygen atoms in total. The number of carbonyl (C=O) groups excluding carboxylic acids is 1. The number of nitrogens with zero attached hydrogens (tertiary/aromatic N) is 1. The highest BCUT2D eigenvalue weighted by Crippen LogP contribution is 2.46. The monoisotopic (exact) mass is 409 g/mol. The molecule has 3 aliphatic rings. The van der Waals surface area contributed by atoms with Crippen LogP contribution < -0.4 is 0 Å². The molecule has 0 bridgehead atoms. The summed E-state index contributed by atoms with van der Waals surface area (Å²) >= 11 is 0. The van der Waals surface area contributed by atoms with E-state index in [4.69, 9.17) is 0 Å². The number of alkyl halides is 3. The Morgan fingerprint density at radius 1 is 1.13 bits per heavy atom. The first-order chi connectivity index (χ1) is 14.4. The van der Waals surface area contributed by atoms with E-state index >= 15 is 0 Å². The van der Waals surface area contributed by atoms with Gasteiger partial charge in [0, 0.05) is 19.0 Å². The first kappa shape index (κ1) is 19.3. The van der Waals surface area contributed by atoms with Gasteiger partial charge in [-0.15, -0.1) is 0 Å². The number of hydrogen-bond acceptors (Lipinski definition) is 2. The molecule has 2 aromatic carbocycles. The number of rotatable bonds is 2. The van der Waals surface area contributed by atoms with Gasteiger partial charge in [-0.25, -0.2) is 0 Å². The van der Waals surface area contributed by atoms with Crippen molar-refractivity contribution in [3.8, 4) is 0 Å². The molecule has 1 heterocycles. The van der Waals surface area contributed by atoms with Crippen LogP contribution in [0, 0.1) is 5.92 Å². The van der Waals surface area contributed by atoms with Gasteiger partial charge in [0.05, 0.1) is 6.54 Å². The third kappa shape index (κ3) is 3.31. The number of benzene rings is 2. The zero-order valence-corrected chi connectivity index (χ0v) is 16.5. The summed E-state index contributed by atoms with van der Waals surface area (Å²) in [4.78, 5) is 13.4. The Bertz CT molecular complexity index is 1120. The number of carbonyl (C=O) groups is 1. The maximum atomic E-state index is 13.0. The van der Waals surface area contributed by atoms with Gasteiger partial charge in [-0.05, 0) is 57.9 Å². The van der Waals surface area contributed by atoms with Crippen LogP contribution in [0.2, 0.25) is 0 Å². The van der Waals surface area contributed by atoms with Crippen molar-refractivity contribution in [2.24, 2.45) is 5.92 Å². The molecule has 0 saturated heterocycles. The Balaban J connectivity index is 1.69. The van der Waals surface area contributed by atoms with Crippen molar-refractivity contribution in [2.75, 3.05) is 13.1 Å². The van der Waals surface area contributed by atoms with E-state index < -0.39 is 18.5 Å². The predicted octanol–water partition coefficient (Wildman–Crippen LogP) is 5.84. The standard InChI is InChI=1S/C25H22F3NO/c26-25(27,28)22(30)15-29-13-18-11-9-16-5-1-3-7-20(16)23(18)24-19(14-29)12-10-17-6-2-4-8-21(17)24/h1,3-5,7-11,19H,2,6,12-15H2/t19-/m0/s1. The second-order valence-corrected chi connectivity index (χ2v) is 8.34. The lowest BCUT2D eigenvalue weighted by Crippen LogP contribution is -2.38. The molecule has 2 aromatic rings. The molecule has 0 spiro atoms. The summed E-state index contributed by atoms with van der Waals surface area (Å²) in [6.45, 7) is 0.191. The van der Waals surface area contributed by atoms with Crippen molar-refractivity contribution < 1.29 is 18.0 Å². The molecular weight excluding hydrogens is 387 g/mol. The highest BCUT2D eigenvalue weighted by molar-refractivity contribution is 5.98. The molecule has 5 rings (SSSR count). The minimum atomic E-state index is -4.80. The molecule has 154 valence electrons. The number of allylic oxidation sites excluding steroid dienone is 5. The van der Waals surface area contributed by atoms with Gasteiger partial charge in [0.15, 0.2) is 0 Å². The first-order valence-electron chi connectivity index (χ1n) is 10.4. The zero-order chi connectivity index (χ0) is 20.9. The van der Waals surface area contributed by atoms with Crippen molar-refractivity contribution in [1.29, 1.82) is 0 Å². The molecule has 1 atom stereocenters. The van der Waals surface area contributed by atoms with E-state index in [1.807, 2.05) is 24.3 Å². The third-order valence-electron chi connectivity index (χ3n) is 6.40. The Kier molecular flexibility index (Phi) is 4.66. The SMILES string of the molecule is O=C(CN1Cc2ccc3ccccc3c2C2=C3C=CCCC3=CC[C@H]2C1)C(F)(F)F. The smallest absolute Gasteiger partial charge is 0.291 e. The Morgan fingerprint density at radius 3 is 2.80 bits per heavy atom. The van der Waals surface area contributed by atoms with Crippen molar-refractivity contribution in [2.45, 2.75) is 32.0 Å². The summed E-state index contributed by atoms with van der Waals surface area (Å²) in [6, 6.07) is 12.2. The molecular formula is C25H22F3NO. The fourth-order valence-electron chi connectivity index (χ4n) is 5.08. The van der Waals surface area contributed by atoms with Crippen LogP contribution in [0.4, 0.5) is 13.2 Å². The largest absolute Gasteiger partial charge is 0.451 e. The highest BCUT2D eigenvalue weighted by atomic mass is 19.4. The van der Waals surface area contributed by atoms with Crippen LogP contribution >= 0.6 is 0 Å². The van der Waals surface area contributed by atoms with Gasteiger partial charge in [0.1, 0.15) is 0 Å². The summed E-state index contributed by atoms with van der Waals surface area (Å²) in [6.07, 6.45) is 4.61. The van der Waals surface area contributed by atoms with Crippen LogP contribution in [0.25, 0.3) is 16.3 Å². The van der Waals surface area contributed by atoms with Crippen molar-refractivity contribution in [3.63, 3.8) is 0 Å². The lowest BCUT2D eigenvalue weighted by molar-refractivity contribution is -0.172. The molecule has 1 aliphatic heterocycles. The summed E-state index contributed by atoms with van der Waals surface area (Å²) in [7, 11) is 0. The lowest BCUT2D eigenvalue weighted by Gasteiger charge is -2.31. The van der Waals surface area contributed by atoms with Crippen molar-refractivity contribution >= 4 is 22.1 Å². The average molecular weight is 409 g/mol. The van der Waals surface area contributed by atoms with Gasteiger partial charge >= 0.3 is 6.18 Å². The summed E-state index contributed by atoms with van der Waals surface area (Å²) in [5, 5.41) is 2.26. The maximum absolute atomic E-state index is 13.0. The summed E-state index contributed by atoms with van der Waals surface area (Å²) < 4.78 is 38.9. The Labute approximate surface area is 173 Å². The van der Waals surface area contributed by atoms with Gasteiger partial charge in [0.25, 0.3) is 0 Å². The lowest BCUT2D eigenvalue weighted by atomic mass is 9.75. The van der Waals surface area contributed by atoms with Crippen LogP contribution in [-0.2, 0) is 11.3 Å². The number of fused-ring (bicyclic) bond motifs is 6. The van der Waals surface area contributed by atoms with Gasteiger partial charge in [-0.3, -0.25) is 9.69 Å². The van der Waals surface area contributed by atoms with Crippen LogP contribution in [0.1, 0.15) is 30.4 Å². The molecule has 0 saturated carbocycles. The van der Waals surface area contributed by atoms with Crippen LogP contribution in [0.3, 0.4) is 0 Å². The minimum Gasteiger partial charge on any atom is -0.291 e. The van der Waals surface area contributed by atoms with E-state index in [0.29, 0.717) is 13.1 Å². The zero-order valence-electron chi connectivity index (χ0n) is 16.5. The fraction of sp³-hybridized carbons (Fsp3) is 0.320.